The van der Waals surface area contributed by atoms with E-state index in [1.54, 1.807) is 29.2 Å². The maximum atomic E-state index is 12.9. The Bertz CT molecular complexity index is 1500. The van der Waals surface area contributed by atoms with Gasteiger partial charge in [-0.1, -0.05) is 29.8 Å². The molecule has 0 aliphatic carbocycles. The molecule has 0 unspecified atom stereocenters. The molecular formula is C26H22ClN5O2. The predicted octanol–water partition coefficient (Wildman–Crippen LogP) is 5.65. The number of benzene rings is 2. The standard InChI is InChI=1S/C26H22ClN5O2/c1-16-20(26(33)29-13-17-5-3-6-19(27)11-17)7-4-8-23(16)34-24-9-10-28-25-21(24)12-22(31-25)18-14-30-32(2)15-18/h3-12,14-15H,13H2,1-2H3,(H,28,31)(H,29,33). The summed E-state index contributed by atoms with van der Waals surface area (Å²) in [6.45, 7) is 2.26. The van der Waals surface area contributed by atoms with Gasteiger partial charge in [0.1, 0.15) is 17.1 Å². The van der Waals surface area contributed by atoms with E-state index in [1.165, 1.54) is 0 Å². The van der Waals surface area contributed by atoms with E-state index in [0.717, 1.165) is 27.8 Å². The highest BCUT2D eigenvalue weighted by Crippen LogP contribution is 2.34. The van der Waals surface area contributed by atoms with Crippen LogP contribution in [0.25, 0.3) is 22.3 Å². The number of pyridine rings is 1. The highest BCUT2D eigenvalue weighted by molar-refractivity contribution is 6.30. The molecule has 5 rings (SSSR count). The van der Waals surface area contributed by atoms with Crippen molar-refractivity contribution in [1.29, 1.82) is 0 Å². The number of carbonyl (C=O) groups excluding carboxylic acids is 1. The summed E-state index contributed by atoms with van der Waals surface area (Å²) in [5, 5.41) is 8.66. The molecule has 0 aliphatic rings. The zero-order chi connectivity index (χ0) is 23.7. The van der Waals surface area contributed by atoms with Crippen LogP contribution in [0.3, 0.4) is 0 Å². The third kappa shape index (κ3) is 4.38. The number of amides is 1. The third-order valence-corrected chi connectivity index (χ3v) is 5.83. The van der Waals surface area contributed by atoms with Gasteiger partial charge in [0.05, 0.1) is 17.3 Å². The van der Waals surface area contributed by atoms with Gasteiger partial charge in [-0.05, 0) is 48.9 Å². The molecule has 2 aromatic carbocycles. The van der Waals surface area contributed by atoms with Gasteiger partial charge in [-0.25, -0.2) is 4.98 Å². The van der Waals surface area contributed by atoms with E-state index in [-0.39, 0.29) is 5.91 Å². The van der Waals surface area contributed by atoms with E-state index in [2.05, 4.69) is 20.4 Å². The molecule has 0 fully saturated rings. The van der Waals surface area contributed by atoms with Gasteiger partial charge in [0.15, 0.2) is 0 Å². The van der Waals surface area contributed by atoms with Gasteiger partial charge in [0, 0.05) is 47.7 Å². The number of hydrogen-bond acceptors (Lipinski definition) is 4. The van der Waals surface area contributed by atoms with E-state index in [0.29, 0.717) is 34.3 Å². The maximum absolute atomic E-state index is 12.9. The second-order valence-electron chi connectivity index (χ2n) is 8.00. The summed E-state index contributed by atoms with van der Waals surface area (Å²) in [4.78, 5) is 20.6. The van der Waals surface area contributed by atoms with E-state index in [9.17, 15) is 4.79 Å². The molecule has 7 nitrogen and oxygen atoms in total. The van der Waals surface area contributed by atoms with Crippen LogP contribution in [0, 0.1) is 6.92 Å². The zero-order valence-corrected chi connectivity index (χ0v) is 19.4. The minimum absolute atomic E-state index is 0.177. The number of nitrogens with zero attached hydrogens (tertiary/aromatic N) is 3. The van der Waals surface area contributed by atoms with Gasteiger partial charge in [0.2, 0.25) is 0 Å². The lowest BCUT2D eigenvalue weighted by Crippen LogP contribution is -2.23. The number of nitrogens with one attached hydrogen (secondary N) is 2. The Morgan fingerprint density at radius 3 is 2.79 bits per heavy atom. The van der Waals surface area contributed by atoms with Crippen LogP contribution >= 0.6 is 11.6 Å². The Balaban J connectivity index is 1.39. The van der Waals surface area contributed by atoms with Gasteiger partial charge in [0.25, 0.3) is 5.91 Å². The Morgan fingerprint density at radius 2 is 2.00 bits per heavy atom. The first-order valence-electron chi connectivity index (χ1n) is 10.7. The van der Waals surface area contributed by atoms with Gasteiger partial charge >= 0.3 is 0 Å². The summed E-state index contributed by atoms with van der Waals surface area (Å²) in [6.07, 6.45) is 5.42. The highest BCUT2D eigenvalue weighted by atomic mass is 35.5. The maximum Gasteiger partial charge on any atom is 0.251 e. The molecule has 0 aliphatic heterocycles. The molecule has 5 aromatic rings. The topological polar surface area (TPSA) is 84.8 Å². The van der Waals surface area contributed by atoms with Crippen molar-refractivity contribution >= 4 is 28.5 Å². The second-order valence-corrected chi connectivity index (χ2v) is 8.44. The van der Waals surface area contributed by atoms with E-state index in [1.807, 2.05) is 62.6 Å². The summed E-state index contributed by atoms with van der Waals surface area (Å²) >= 11 is 6.04. The van der Waals surface area contributed by atoms with Crippen molar-refractivity contribution in [2.45, 2.75) is 13.5 Å². The van der Waals surface area contributed by atoms with Crippen LogP contribution in [-0.4, -0.2) is 25.7 Å². The molecule has 8 heteroatoms. The molecule has 3 heterocycles. The minimum atomic E-state index is -0.177. The first-order valence-corrected chi connectivity index (χ1v) is 11.1. The van der Waals surface area contributed by atoms with Crippen molar-refractivity contribution in [2.24, 2.45) is 7.05 Å². The Labute approximate surface area is 201 Å². The lowest BCUT2D eigenvalue weighted by molar-refractivity contribution is 0.0950. The number of H-pyrrole nitrogens is 1. The Hall–Kier alpha value is -4.10. The fourth-order valence-electron chi connectivity index (χ4n) is 3.82. The number of halogens is 1. The lowest BCUT2D eigenvalue weighted by Gasteiger charge is -2.13. The number of aryl methyl sites for hydroxylation is 1. The third-order valence-electron chi connectivity index (χ3n) is 5.60. The summed E-state index contributed by atoms with van der Waals surface area (Å²) in [6, 6.07) is 16.7. The zero-order valence-electron chi connectivity index (χ0n) is 18.7. The van der Waals surface area contributed by atoms with Crippen molar-refractivity contribution in [3.8, 4) is 22.8 Å². The smallest absolute Gasteiger partial charge is 0.251 e. The quantitative estimate of drug-likeness (QED) is 0.335. The fraction of sp³-hybridized carbons (Fsp3) is 0.115. The first kappa shape index (κ1) is 21.7. The second kappa shape index (κ2) is 9.03. The normalized spacial score (nSPS) is 11.0. The highest BCUT2D eigenvalue weighted by Gasteiger charge is 2.15. The number of hydrogen-bond donors (Lipinski definition) is 2. The van der Waals surface area contributed by atoms with Crippen molar-refractivity contribution in [3.05, 3.63) is 94.9 Å². The molecule has 0 saturated carbocycles. The largest absolute Gasteiger partial charge is 0.456 e. The SMILES string of the molecule is Cc1c(Oc2ccnc3[nH]c(-c4cnn(C)c4)cc23)cccc1C(=O)NCc1cccc(Cl)c1. The average Bonchev–Trinajstić information content (AvgIpc) is 3.45. The van der Waals surface area contributed by atoms with Crippen LogP contribution < -0.4 is 10.1 Å². The summed E-state index contributed by atoms with van der Waals surface area (Å²) in [5.74, 6) is 1.08. The number of fused-ring (bicyclic) bond motifs is 1. The summed E-state index contributed by atoms with van der Waals surface area (Å²) < 4.78 is 8.02. The van der Waals surface area contributed by atoms with Crippen LogP contribution in [0.2, 0.25) is 5.02 Å². The number of aromatic nitrogens is 4. The molecule has 0 bridgehead atoms. The molecule has 0 atom stereocenters. The van der Waals surface area contributed by atoms with Crippen molar-refractivity contribution in [2.75, 3.05) is 0 Å². The average molecular weight is 472 g/mol. The number of ether oxygens (including phenoxy) is 1. The van der Waals surface area contributed by atoms with Gasteiger partial charge in [-0.15, -0.1) is 0 Å². The summed E-state index contributed by atoms with van der Waals surface area (Å²) in [5.41, 5.74) is 4.80. The minimum Gasteiger partial charge on any atom is -0.456 e. The van der Waals surface area contributed by atoms with Crippen LogP contribution in [0.15, 0.2) is 73.2 Å². The van der Waals surface area contributed by atoms with Crippen LogP contribution in [0.1, 0.15) is 21.5 Å². The molecule has 3 aromatic heterocycles. The van der Waals surface area contributed by atoms with Gasteiger partial charge < -0.3 is 15.0 Å². The summed E-state index contributed by atoms with van der Waals surface area (Å²) in [7, 11) is 1.87. The molecule has 170 valence electrons. The van der Waals surface area contributed by atoms with Gasteiger partial charge in [-0.2, -0.15) is 5.10 Å². The Kier molecular flexibility index (Phi) is 5.77. The van der Waals surface area contributed by atoms with E-state index in [4.69, 9.17) is 16.3 Å². The predicted molar refractivity (Wildman–Crippen MR) is 132 cm³/mol. The van der Waals surface area contributed by atoms with E-state index >= 15 is 0 Å². The van der Waals surface area contributed by atoms with E-state index < -0.39 is 0 Å². The van der Waals surface area contributed by atoms with Crippen LogP contribution in [0.4, 0.5) is 0 Å². The van der Waals surface area contributed by atoms with Crippen molar-refractivity contribution in [1.82, 2.24) is 25.1 Å². The van der Waals surface area contributed by atoms with Crippen LogP contribution in [-0.2, 0) is 13.6 Å². The first-order chi connectivity index (χ1) is 16.5. The van der Waals surface area contributed by atoms with Crippen molar-refractivity contribution in [3.63, 3.8) is 0 Å². The Morgan fingerprint density at radius 1 is 1.15 bits per heavy atom. The van der Waals surface area contributed by atoms with Gasteiger partial charge in [-0.3, -0.25) is 9.48 Å². The molecular weight excluding hydrogens is 450 g/mol. The molecule has 34 heavy (non-hydrogen) atoms. The molecule has 0 radical (unpaired) electrons. The molecule has 0 spiro atoms. The monoisotopic (exact) mass is 471 g/mol. The number of aromatic amines is 1. The van der Waals surface area contributed by atoms with Crippen LogP contribution in [0.5, 0.6) is 11.5 Å². The fourth-order valence-corrected chi connectivity index (χ4v) is 4.03. The number of rotatable bonds is 6. The molecule has 0 saturated heterocycles. The molecule has 2 N–H and O–H groups in total. The van der Waals surface area contributed by atoms with Crippen molar-refractivity contribution < 1.29 is 9.53 Å². The number of carbonyl (C=O) groups is 1. The molecule has 1 amide bonds. The lowest BCUT2D eigenvalue weighted by atomic mass is 10.1.